The summed E-state index contributed by atoms with van der Waals surface area (Å²) < 4.78 is 0. The molecule has 1 N–H and O–H groups in total. The molecule has 1 aromatic heterocycles. The lowest BCUT2D eigenvalue weighted by Gasteiger charge is -2.32. The Bertz CT molecular complexity index is 1230. The van der Waals surface area contributed by atoms with E-state index in [0.29, 0.717) is 0 Å². The predicted octanol–water partition coefficient (Wildman–Crippen LogP) is 5.13. The minimum Gasteiger partial charge on any atom is -0.371 e. The van der Waals surface area contributed by atoms with Crippen LogP contribution >= 0.6 is 0 Å². The third-order valence-electron chi connectivity index (χ3n) is 6.61. The van der Waals surface area contributed by atoms with Crippen molar-refractivity contribution in [3.05, 3.63) is 72.2 Å². The molecule has 3 aromatic rings. The lowest BCUT2D eigenvalue weighted by molar-refractivity contribution is -0.129. The van der Waals surface area contributed by atoms with Gasteiger partial charge in [0.05, 0.1) is 18.2 Å². The molecule has 2 aromatic carbocycles. The number of amides is 2. The second-order valence-electron chi connectivity index (χ2n) is 8.74. The van der Waals surface area contributed by atoms with Crippen molar-refractivity contribution in [2.45, 2.75) is 38.6 Å². The smallest absolute Gasteiger partial charge is 0.226 e. The van der Waals surface area contributed by atoms with Crippen LogP contribution in [-0.4, -0.2) is 34.8 Å². The molecule has 33 heavy (non-hydrogen) atoms. The van der Waals surface area contributed by atoms with Gasteiger partial charge in [-0.15, -0.1) is 0 Å². The summed E-state index contributed by atoms with van der Waals surface area (Å²) in [6.45, 7) is 3.64. The molecule has 168 valence electrons. The molecule has 1 unspecified atom stereocenters. The minimum atomic E-state index is -0.333. The molecule has 6 nitrogen and oxygen atoms in total. The maximum Gasteiger partial charge on any atom is 0.226 e. The van der Waals surface area contributed by atoms with Crippen LogP contribution in [0.15, 0.2) is 61.1 Å². The molecule has 0 bridgehead atoms. The molecule has 5 rings (SSSR count). The van der Waals surface area contributed by atoms with Crippen LogP contribution in [0.4, 0.5) is 11.4 Å². The van der Waals surface area contributed by atoms with Gasteiger partial charge in [0.25, 0.3) is 0 Å². The topological polar surface area (TPSA) is 65.5 Å². The first-order valence-electron chi connectivity index (χ1n) is 11.6. The summed E-state index contributed by atoms with van der Waals surface area (Å²) in [5, 5.41) is 5.12. The largest absolute Gasteiger partial charge is 0.371 e. The van der Waals surface area contributed by atoms with E-state index >= 15 is 0 Å². The number of carbonyl (C=O) groups excluding carboxylic acids is 2. The predicted molar refractivity (Wildman–Crippen MR) is 132 cm³/mol. The van der Waals surface area contributed by atoms with Crippen LogP contribution in [0.5, 0.6) is 0 Å². The number of anilines is 2. The Hall–Kier alpha value is -3.67. The molecule has 6 heteroatoms. The number of piperidine rings is 1. The molecule has 0 aliphatic carbocycles. The van der Waals surface area contributed by atoms with Gasteiger partial charge in [0.15, 0.2) is 0 Å². The molecule has 0 radical (unpaired) electrons. The molecule has 2 aliphatic rings. The third kappa shape index (κ3) is 4.21. The number of pyridine rings is 1. The number of carbonyl (C=O) groups is 2. The molecular weight excluding hydrogens is 412 g/mol. The van der Waals surface area contributed by atoms with Crippen LogP contribution in [0, 0.1) is 0 Å². The van der Waals surface area contributed by atoms with Gasteiger partial charge in [-0.05, 0) is 54.7 Å². The van der Waals surface area contributed by atoms with Gasteiger partial charge in [0.1, 0.15) is 0 Å². The summed E-state index contributed by atoms with van der Waals surface area (Å²) in [4.78, 5) is 33.8. The summed E-state index contributed by atoms with van der Waals surface area (Å²) >= 11 is 0. The normalized spacial score (nSPS) is 17.7. The van der Waals surface area contributed by atoms with Crippen LogP contribution in [0.2, 0.25) is 0 Å². The SMILES string of the molecule is CC(=O)N1C=Cc2ccccc2C1CC(=O)Nc1ccc(N2CCCCC2)c2ccncc12. The van der Waals surface area contributed by atoms with Crippen molar-refractivity contribution < 1.29 is 9.59 Å². The van der Waals surface area contributed by atoms with Gasteiger partial charge >= 0.3 is 0 Å². The summed E-state index contributed by atoms with van der Waals surface area (Å²) in [7, 11) is 0. The van der Waals surface area contributed by atoms with Crippen molar-refractivity contribution in [2.24, 2.45) is 0 Å². The molecule has 1 fully saturated rings. The fourth-order valence-electron chi connectivity index (χ4n) is 4.98. The highest BCUT2D eigenvalue weighted by Gasteiger charge is 2.28. The van der Waals surface area contributed by atoms with E-state index in [2.05, 4.69) is 21.3 Å². The van der Waals surface area contributed by atoms with Gasteiger partial charge < -0.3 is 15.1 Å². The van der Waals surface area contributed by atoms with E-state index in [-0.39, 0.29) is 24.3 Å². The Labute approximate surface area is 193 Å². The van der Waals surface area contributed by atoms with Crippen LogP contribution < -0.4 is 10.2 Å². The van der Waals surface area contributed by atoms with Crippen LogP contribution in [0.1, 0.15) is 49.8 Å². The van der Waals surface area contributed by atoms with E-state index in [1.54, 1.807) is 17.3 Å². The molecule has 3 heterocycles. The summed E-state index contributed by atoms with van der Waals surface area (Å²) in [6.07, 6.45) is 11.2. The molecule has 1 saturated heterocycles. The zero-order valence-electron chi connectivity index (χ0n) is 18.8. The monoisotopic (exact) mass is 440 g/mol. The summed E-state index contributed by atoms with van der Waals surface area (Å²) in [6, 6.07) is 13.7. The summed E-state index contributed by atoms with van der Waals surface area (Å²) in [5.41, 5.74) is 3.96. The van der Waals surface area contributed by atoms with Crippen molar-refractivity contribution >= 4 is 40.0 Å². The molecule has 1 atom stereocenters. The highest BCUT2D eigenvalue weighted by atomic mass is 16.2. The number of hydrogen-bond donors (Lipinski definition) is 1. The standard InChI is InChI=1S/C27H28N4O2/c1-19(32)31-16-12-20-7-3-4-8-21(20)26(31)17-27(33)29-24-9-10-25(30-14-5-2-6-15-30)22-11-13-28-18-23(22)24/h3-4,7-13,16,18,26H,2,5-6,14-15,17H2,1H3,(H,29,33). The number of rotatable bonds is 4. The maximum atomic E-state index is 13.2. The Kier molecular flexibility index (Phi) is 5.82. The van der Waals surface area contributed by atoms with Gasteiger partial charge in [-0.1, -0.05) is 24.3 Å². The van der Waals surface area contributed by atoms with E-state index < -0.39 is 0 Å². The Morgan fingerprint density at radius 3 is 2.67 bits per heavy atom. The van der Waals surface area contributed by atoms with Crippen molar-refractivity contribution in [1.29, 1.82) is 0 Å². The third-order valence-corrected chi connectivity index (χ3v) is 6.61. The lowest BCUT2D eigenvalue weighted by Crippen LogP contribution is -2.33. The number of aromatic nitrogens is 1. The Morgan fingerprint density at radius 1 is 1.03 bits per heavy atom. The highest BCUT2D eigenvalue weighted by molar-refractivity contribution is 6.06. The summed E-state index contributed by atoms with van der Waals surface area (Å²) in [5.74, 6) is -0.216. The first-order chi connectivity index (χ1) is 16.1. The number of nitrogens with zero attached hydrogens (tertiary/aromatic N) is 3. The molecule has 2 amide bonds. The fourth-order valence-corrected chi connectivity index (χ4v) is 4.98. The van der Waals surface area contributed by atoms with E-state index in [1.807, 2.05) is 48.7 Å². The van der Waals surface area contributed by atoms with Crippen molar-refractivity contribution in [3.8, 4) is 0 Å². The first-order valence-corrected chi connectivity index (χ1v) is 11.6. The van der Waals surface area contributed by atoms with Crippen LogP contribution in [0.3, 0.4) is 0 Å². The lowest BCUT2D eigenvalue weighted by atomic mass is 9.93. The van der Waals surface area contributed by atoms with Crippen LogP contribution in [0.25, 0.3) is 16.8 Å². The molecule has 2 aliphatic heterocycles. The van der Waals surface area contributed by atoms with Crippen molar-refractivity contribution in [3.63, 3.8) is 0 Å². The number of nitrogens with one attached hydrogen (secondary N) is 1. The van der Waals surface area contributed by atoms with E-state index in [9.17, 15) is 9.59 Å². The second kappa shape index (κ2) is 9.06. The van der Waals surface area contributed by atoms with Gasteiger partial charge in [-0.2, -0.15) is 0 Å². The van der Waals surface area contributed by atoms with Gasteiger partial charge in [-0.3, -0.25) is 14.6 Å². The molecule has 0 spiro atoms. The number of benzene rings is 2. The van der Waals surface area contributed by atoms with E-state index in [0.717, 1.165) is 40.7 Å². The van der Waals surface area contributed by atoms with E-state index in [1.165, 1.54) is 31.9 Å². The Morgan fingerprint density at radius 2 is 1.85 bits per heavy atom. The molecular formula is C27H28N4O2. The van der Waals surface area contributed by atoms with Crippen LogP contribution in [-0.2, 0) is 9.59 Å². The van der Waals surface area contributed by atoms with Gasteiger partial charge in [0.2, 0.25) is 11.8 Å². The number of fused-ring (bicyclic) bond motifs is 2. The van der Waals surface area contributed by atoms with E-state index in [4.69, 9.17) is 0 Å². The average molecular weight is 441 g/mol. The quantitative estimate of drug-likeness (QED) is 0.611. The molecule has 0 saturated carbocycles. The Balaban J connectivity index is 1.41. The number of hydrogen-bond acceptors (Lipinski definition) is 4. The second-order valence-corrected chi connectivity index (χ2v) is 8.74. The van der Waals surface area contributed by atoms with Gasteiger partial charge in [-0.25, -0.2) is 0 Å². The first kappa shape index (κ1) is 21.2. The zero-order valence-corrected chi connectivity index (χ0v) is 18.8. The average Bonchev–Trinajstić information content (AvgIpc) is 2.85. The van der Waals surface area contributed by atoms with Crippen molar-refractivity contribution in [1.82, 2.24) is 9.88 Å². The fraction of sp³-hybridized carbons (Fsp3) is 0.296. The van der Waals surface area contributed by atoms with Gasteiger partial charge in [0, 0.05) is 55.1 Å². The van der Waals surface area contributed by atoms with Crippen molar-refractivity contribution in [2.75, 3.05) is 23.3 Å². The minimum absolute atomic E-state index is 0.0842. The maximum absolute atomic E-state index is 13.2. The zero-order chi connectivity index (χ0) is 22.8. The highest BCUT2D eigenvalue weighted by Crippen LogP contribution is 2.35.